The summed E-state index contributed by atoms with van der Waals surface area (Å²) in [7, 11) is 0. The molecule has 0 radical (unpaired) electrons. The quantitative estimate of drug-likeness (QED) is 0.0571. The van der Waals surface area contributed by atoms with Gasteiger partial charge in [-0.2, -0.15) is 0 Å². The smallest absolute Gasteiger partial charge is 0.217 e. The standard InChI is InChI=1S/C43H73N3O30/c1-11-21(44-12(2)52)29(60)35(18(8-50)67-11)73-40-23(46-14(4)54)30(61)36(19(9-51)71-40)74-42-34(65)37(27(58)20(72-42)10-66-41-33(64)31(62)25(56)16(6-48)69-41)75-43-38(32(63)26(57)17(7-49)70-43)76-39-22(45-13(3)53)28(59)24(55)15(5-47)68-39/h11,15-43,47-51,55-65H,5-10H2,1-4H3,(H,44,52)(H,45,53)(H,46,54)/t11-,15?,16?,17?,18?,19?,20?,21?,22?,23?,24+,25+,26+,27+,28+,29+,30+,31-,32?,33?,34?,35+,36+,37-,38?,39-,40-,41-,42-,43+/m0/s1. The molecule has 440 valence electrons. The Bertz CT molecular complexity index is 1870. The van der Waals surface area contributed by atoms with E-state index in [1.54, 1.807) is 0 Å². The van der Waals surface area contributed by atoms with Gasteiger partial charge in [0.15, 0.2) is 31.5 Å². The second-order valence-electron chi connectivity index (χ2n) is 19.3. The number of amides is 3. The lowest BCUT2D eigenvalue weighted by Crippen LogP contribution is -2.70. The Hall–Kier alpha value is -2.67. The van der Waals surface area contributed by atoms with Crippen LogP contribution in [0.4, 0.5) is 0 Å². The Kier molecular flexibility index (Phi) is 22.4. The average Bonchev–Trinajstić information content (AvgIpc) is 3.37. The summed E-state index contributed by atoms with van der Waals surface area (Å²) in [5, 5.41) is 181. The minimum absolute atomic E-state index is 0.563. The second kappa shape index (κ2) is 27.2. The van der Waals surface area contributed by atoms with E-state index in [1.165, 1.54) is 13.8 Å². The summed E-state index contributed by atoms with van der Waals surface area (Å²) in [6.07, 6.45) is -49.9. The number of nitrogens with one attached hydrogen (secondary N) is 3. The van der Waals surface area contributed by atoms with Crippen LogP contribution in [0, 0.1) is 0 Å². The van der Waals surface area contributed by atoms with Gasteiger partial charge in [0.05, 0.1) is 51.8 Å². The Balaban J connectivity index is 1.33. The SMILES string of the molecule is CC(=O)NC1[C@H](OC2C(O)[C@H](O)C(CO)O[C@@H]2O[C@@H]2C(O)[C@H](O[C@@H]3C(CO)O[C@@H](O[C@@H]4C(CO)O[C@@H](C)C(NC(C)=O)[C@H]4O)C(NC(C)=O)[C@H]3O)OC(CO[C@H]3OC(CO)[C@@H](O)[C@H](O)C3O)[C@H]2O)OC(CO)[C@@H](O)[C@@H]1O. The van der Waals surface area contributed by atoms with E-state index in [0.29, 0.717) is 0 Å². The number of carbonyl (C=O) groups excluding carboxylic acids is 3. The van der Waals surface area contributed by atoms with Gasteiger partial charge in [0, 0.05) is 20.8 Å². The number of rotatable bonds is 19. The molecule has 0 aromatic carbocycles. The second-order valence-corrected chi connectivity index (χ2v) is 19.3. The molecule has 33 nitrogen and oxygen atoms in total. The first-order chi connectivity index (χ1) is 35.9. The number of aliphatic hydroxyl groups is 16. The molecule has 6 saturated heterocycles. The van der Waals surface area contributed by atoms with Crippen molar-refractivity contribution < 1.29 is 148 Å². The zero-order valence-electron chi connectivity index (χ0n) is 41.4. The van der Waals surface area contributed by atoms with Crippen molar-refractivity contribution in [3.8, 4) is 0 Å². The number of aliphatic hydroxyl groups excluding tert-OH is 16. The molecule has 3 amide bonds. The lowest BCUT2D eigenvalue weighted by Gasteiger charge is -2.51. The van der Waals surface area contributed by atoms with Crippen LogP contribution in [0.25, 0.3) is 0 Å². The maximum absolute atomic E-state index is 12.7. The van der Waals surface area contributed by atoms with Gasteiger partial charge in [-0.1, -0.05) is 0 Å². The molecule has 0 aliphatic carbocycles. The van der Waals surface area contributed by atoms with Crippen molar-refractivity contribution in [2.24, 2.45) is 0 Å². The van der Waals surface area contributed by atoms with Crippen molar-refractivity contribution in [1.29, 1.82) is 0 Å². The number of ether oxygens (including phenoxy) is 11. The van der Waals surface area contributed by atoms with Crippen molar-refractivity contribution in [3.63, 3.8) is 0 Å². The molecule has 0 aromatic heterocycles. The zero-order valence-corrected chi connectivity index (χ0v) is 41.4. The van der Waals surface area contributed by atoms with Crippen LogP contribution in [0.5, 0.6) is 0 Å². The van der Waals surface area contributed by atoms with Crippen molar-refractivity contribution in [2.45, 2.75) is 212 Å². The Morgan fingerprint density at radius 2 is 0.737 bits per heavy atom. The molecule has 76 heavy (non-hydrogen) atoms. The van der Waals surface area contributed by atoms with E-state index in [-0.39, 0.29) is 0 Å². The number of hydrogen-bond acceptors (Lipinski definition) is 30. The lowest BCUT2D eigenvalue weighted by atomic mass is 9.92. The molecule has 6 aliphatic rings. The fourth-order valence-corrected chi connectivity index (χ4v) is 9.86. The third kappa shape index (κ3) is 13.7. The van der Waals surface area contributed by atoms with Gasteiger partial charge in [0.1, 0.15) is 140 Å². The van der Waals surface area contributed by atoms with Crippen LogP contribution in [0.1, 0.15) is 27.7 Å². The third-order valence-electron chi connectivity index (χ3n) is 13.9. The Morgan fingerprint density at radius 3 is 1.26 bits per heavy atom. The van der Waals surface area contributed by atoms with Crippen molar-refractivity contribution in [2.75, 3.05) is 39.6 Å². The van der Waals surface area contributed by atoms with Crippen LogP contribution in [0.15, 0.2) is 0 Å². The normalized spacial score (nSPS) is 48.2. The summed E-state index contributed by atoms with van der Waals surface area (Å²) >= 11 is 0. The molecule has 0 aromatic rings. The predicted molar refractivity (Wildman–Crippen MR) is 237 cm³/mol. The summed E-state index contributed by atoms with van der Waals surface area (Å²) in [4.78, 5) is 36.9. The van der Waals surface area contributed by atoms with Crippen LogP contribution in [0.2, 0.25) is 0 Å². The first kappa shape index (κ1) is 62.5. The van der Waals surface area contributed by atoms with Gasteiger partial charge in [0.2, 0.25) is 17.7 Å². The first-order valence-electron chi connectivity index (χ1n) is 24.4. The molecule has 0 saturated carbocycles. The maximum atomic E-state index is 12.7. The van der Waals surface area contributed by atoms with Crippen LogP contribution in [0.3, 0.4) is 0 Å². The molecule has 13 unspecified atom stereocenters. The molecule has 6 aliphatic heterocycles. The monoisotopic (exact) mass is 1110 g/mol. The molecule has 19 N–H and O–H groups in total. The van der Waals surface area contributed by atoms with E-state index in [9.17, 15) is 96.1 Å². The van der Waals surface area contributed by atoms with Crippen LogP contribution in [-0.4, -0.2) is 323 Å². The summed E-state index contributed by atoms with van der Waals surface area (Å²) in [5.41, 5.74) is 0. The van der Waals surface area contributed by atoms with Crippen molar-refractivity contribution >= 4 is 17.7 Å². The fourth-order valence-electron chi connectivity index (χ4n) is 9.86. The maximum Gasteiger partial charge on any atom is 0.217 e. The summed E-state index contributed by atoms with van der Waals surface area (Å²) < 4.78 is 64.4. The predicted octanol–water partition coefficient (Wildman–Crippen LogP) is -12.6. The molecule has 0 spiro atoms. The highest BCUT2D eigenvalue weighted by atomic mass is 16.8. The van der Waals surface area contributed by atoms with E-state index in [4.69, 9.17) is 52.1 Å². The topological polar surface area (TPSA) is 513 Å². The van der Waals surface area contributed by atoms with E-state index < -0.39 is 241 Å². The molecule has 0 bridgehead atoms. The molecule has 6 fully saturated rings. The van der Waals surface area contributed by atoms with Gasteiger partial charge in [0.25, 0.3) is 0 Å². The molecular formula is C43H73N3O30. The lowest BCUT2D eigenvalue weighted by molar-refractivity contribution is -0.394. The minimum atomic E-state index is -2.32. The summed E-state index contributed by atoms with van der Waals surface area (Å²) in [6, 6.07) is -4.47. The highest BCUT2D eigenvalue weighted by molar-refractivity contribution is 5.74. The van der Waals surface area contributed by atoms with Gasteiger partial charge in [-0.25, -0.2) is 0 Å². The molecule has 6 heterocycles. The summed E-state index contributed by atoms with van der Waals surface area (Å²) in [6.45, 7) is -0.761. The van der Waals surface area contributed by atoms with Gasteiger partial charge >= 0.3 is 0 Å². The third-order valence-corrected chi connectivity index (χ3v) is 13.9. The Morgan fingerprint density at radius 1 is 0.355 bits per heavy atom. The first-order valence-corrected chi connectivity index (χ1v) is 24.4. The van der Waals surface area contributed by atoms with Crippen LogP contribution in [-0.2, 0) is 66.5 Å². The number of hydrogen-bond donors (Lipinski definition) is 19. The highest BCUT2D eigenvalue weighted by Crippen LogP contribution is 2.37. The molecular weight excluding hydrogens is 1040 g/mol. The van der Waals surface area contributed by atoms with Gasteiger partial charge in [-0.3, -0.25) is 14.4 Å². The highest BCUT2D eigenvalue weighted by Gasteiger charge is 2.58. The van der Waals surface area contributed by atoms with Gasteiger partial charge in [-0.15, -0.1) is 0 Å². The van der Waals surface area contributed by atoms with Crippen LogP contribution >= 0.6 is 0 Å². The van der Waals surface area contributed by atoms with E-state index in [0.717, 1.165) is 13.8 Å². The fraction of sp³-hybridized carbons (Fsp3) is 0.930. The summed E-state index contributed by atoms with van der Waals surface area (Å²) in [5.74, 6) is -2.16. The molecule has 30 atom stereocenters. The van der Waals surface area contributed by atoms with Crippen molar-refractivity contribution in [3.05, 3.63) is 0 Å². The van der Waals surface area contributed by atoms with E-state index in [2.05, 4.69) is 16.0 Å². The average molecular weight is 1110 g/mol. The van der Waals surface area contributed by atoms with Crippen molar-refractivity contribution in [1.82, 2.24) is 16.0 Å². The Labute approximate surface area is 432 Å². The zero-order chi connectivity index (χ0) is 56.2. The van der Waals surface area contributed by atoms with E-state index in [1.807, 2.05) is 0 Å². The number of carbonyl (C=O) groups is 3. The minimum Gasteiger partial charge on any atom is -0.394 e. The van der Waals surface area contributed by atoms with Gasteiger partial charge < -0.3 is 150 Å². The van der Waals surface area contributed by atoms with Crippen LogP contribution < -0.4 is 16.0 Å². The molecule has 33 heteroatoms. The van der Waals surface area contributed by atoms with E-state index >= 15 is 0 Å². The largest absolute Gasteiger partial charge is 0.394 e. The van der Waals surface area contributed by atoms with Gasteiger partial charge in [-0.05, 0) is 6.92 Å². The molecule has 6 rings (SSSR count).